The number of anilines is 1. The lowest BCUT2D eigenvalue weighted by atomic mass is 10.3. The maximum atomic E-state index is 11.9. The quantitative estimate of drug-likeness (QED) is 0.625. The molecule has 4 N–H and O–H groups in total. The fourth-order valence-corrected chi connectivity index (χ4v) is 2.48. The number of hydrogen-bond acceptors (Lipinski definition) is 6. The lowest BCUT2D eigenvalue weighted by Gasteiger charge is -2.12. The number of pyridine rings is 1. The van der Waals surface area contributed by atoms with Gasteiger partial charge in [-0.25, -0.2) is 4.79 Å². The normalized spacial score (nSPS) is 10.6. The van der Waals surface area contributed by atoms with Crippen molar-refractivity contribution in [2.24, 2.45) is 0 Å². The summed E-state index contributed by atoms with van der Waals surface area (Å²) in [5.74, 6) is 0.0321. The molecule has 2 aromatic heterocycles. The van der Waals surface area contributed by atoms with Crippen LogP contribution in [0.4, 0.5) is 5.82 Å². The standard InChI is InChI=1S/C14H9Cl2N5O4/c15-8-3-6(21-14(24)19-13(23)12(17)20-21)4-9(16)11(8)25-7-1-2-10(22)18-5-7/h1-5H,(H2,17,20)(H,18,22)(H,19,23,24). The Bertz CT molecular complexity index is 1090. The molecule has 0 aliphatic carbocycles. The monoisotopic (exact) mass is 381 g/mol. The molecule has 0 aliphatic rings. The van der Waals surface area contributed by atoms with Gasteiger partial charge < -0.3 is 15.5 Å². The Balaban J connectivity index is 2.05. The van der Waals surface area contributed by atoms with Crippen LogP contribution in [0.1, 0.15) is 0 Å². The first-order valence-corrected chi connectivity index (χ1v) is 7.46. The SMILES string of the molecule is Nc1nn(-c2cc(Cl)c(Oc3ccc(=O)[nH]c3)c(Cl)c2)c(=O)[nH]c1=O. The molecule has 1 aromatic carbocycles. The van der Waals surface area contributed by atoms with Crippen molar-refractivity contribution in [2.75, 3.05) is 5.73 Å². The summed E-state index contributed by atoms with van der Waals surface area (Å²) >= 11 is 12.3. The van der Waals surface area contributed by atoms with Crippen molar-refractivity contribution < 1.29 is 4.74 Å². The summed E-state index contributed by atoms with van der Waals surface area (Å²) in [5.41, 5.74) is 3.70. The van der Waals surface area contributed by atoms with Crippen molar-refractivity contribution in [1.29, 1.82) is 0 Å². The van der Waals surface area contributed by atoms with Gasteiger partial charge in [-0.15, -0.1) is 5.10 Å². The fraction of sp³-hybridized carbons (Fsp3) is 0. The second kappa shape index (κ2) is 6.46. The molecule has 25 heavy (non-hydrogen) atoms. The predicted octanol–water partition coefficient (Wildman–Crippen LogP) is 1.29. The van der Waals surface area contributed by atoms with Crippen LogP contribution >= 0.6 is 23.2 Å². The van der Waals surface area contributed by atoms with Crippen molar-refractivity contribution in [3.8, 4) is 17.2 Å². The number of nitrogens with zero attached hydrogens (tertiary/aromatic N) is 2. The largest absolute Gasteiger partial charge is 0.453 e. The van der Waals surface area contributed by atoms with Gasteiger partial charge in [0.05, 0.1) is 15.7 Å². The number of rotatable bonds is 3. The van der Waals surface area contributed by atoms with Gasteiger partial charge >= 0.3 is 5.69 Å². The van der Waals surface area contributed by atoms with Crippen LogP contribution < -0.4 is 27.3 Å². The number of nitrogens with one attached hydrogen (secondary N) is 2. The molecule has 3 rings (SSSR count). The first-order valence-electron chi connectivity index (χ1n) is 6.70. The maximum absolute atomic E-state index is 11.9. The minimum absolute atomic E-state index is 0.0761. The van der Waals surface area contributed by atoms with Crippen molar-refractivity contribution >= 4 is 29.0 Å². The Kier molecular flexibility index (Phi) is 4.34. The van der Waals surface area contributed by atoms with E-state index in [0.717, 1.165) is 4.68 Å². The molecule has 0 spiro atoms. The van der Waals surface area contributed by atoms with Crippen molar-refractivity contribution in [3.63, 3.8) is 0 Å². The summed E-state index contributed by atoms with van der Waals surface area (Å²) in [6.45, 7) is 0. The molecule has 0 amide bonds. The molecule has 0 radical (unpaired) electrons. The van der Waals surface area contributed by atoms with Crippen LogP contribution in [0.15, 0.2) is 44.8 Å². The molecule has 2 heterocycles. The number of ether oxygens (including phenoxy) is 1. The number of aromatic nitrogens is 4. The van der Waals surface area contributed by atoms with Gasteiger partial charge in [-0.05, 0) is 18.2 Å². The van der Waals surface area contributed by atoms with E-state index in [1.165, 1.54) is 30.5 Å². The number of hydrogen-bond donors (Lipinski definition) is 3. The number of nitrogen functional groups attached to an aromatic ring is 1. The van der Waals surface area contributed by atoms with Crippen LogP contribution in [0.5, 0.6) is 11.5 Å². The van der Waals surface area contributed by atoms with E-state index in [1.807, 2.05) is 4.98 Å². The third-order valence-corrected chi connectivity index (χ3v) is 3.62. The molecule has 0 bridgehead atoms. The average Bonchev–Trinajstić information content (AvgIpc) is 2.56. The lowest BCUT2D eigenvalue weighted by Crippen LogP contribution is -2.33. The van der Waals surface area contributed by atoms with Gasteiger partial charge in [0, 0.05) is 12.3 Å². The van der Waals surface area contributed by atoms with Crippen LogP contribution in [-0.2, 0) is 0 Å². The highest BCUT2D eigenvalue weighted by Crippen LogP contribution is 2.37. The molecular formula is C14H9Cl2N5O4. The molecule has 0 aliphatic heterocycles. The van der Waals surface area contributed by atoms with Gasteiger partial charge in [-0.3, -0.25) is 14.6 Å². The molecule has 0 fully saturated rings. The number of nitrogens with two attached hydrogens (primary N) is 1. The van der Waals surface area contributed by atoms with E-state index in [4.69, 9.17) is 33.7 Å². The van der Waals surface area contributed by atoms with Gasteiger partial charge in [0.25, 0.3) is 5.56 Å². The Morgan fingerprint density at radius 2 is 1.80 bits per heavy atom. The van der Waals surface area contributed by atoms with Crippen LogP contribution in [-0.4, -0.2) is 19.7 Å². The molecule has 128 valence electrons. The highest BCUT2D eigenvalue weighted by Gasteiger charge is 2.14. The van der Waals surface area contributed by atoms with Crippen LogP contribution in [0.2, 0.25) is 10.0 Å². The van der Waals surface area contributed by atoms with Gasteiger partial charge in [-0.1, -0.05) is 23.2 Å². The number of benzene rings is 1. The molecule has 0 atom stereocenters. The second-order valence-corrected chi connectivity index (χ2v) is 5.60. The number of aromatic amines is 2. The topological polar surface area (TPSA) is 136 Å². The Morgan fingerprint density at radius 3 is 2.40 bits per heavy atom. The van der Waals surface area contributed by atoms with Gasteiger partial charge in [-0.2, -0.15) is 4.68 Å². The van der Waals surface area contributed by atoms with Crippen molar-refractivity contribution in [1.82, 2.24) is 19.7 Å². The summed E-state index contributed by atoms with van der Waals surface area (Å²) < 4.78 is 6.38. The average molecular weight is 382 g/mol. The summed E-state index contributed by atoms with van der Waals surface area (Å²) in [6, 6.07) is 5.44. The summed E-state index contributed by atoms with van der Waals surface area (Å²) in [5, 5.41) is 3.84. The minimum atomic E-state index is -0.805. The highest BCUT2D eigenvalue weighted by molar-refractivity contribution is 6.37. The zero-order valence-electron chi connectivity index (χ0n) is 12.2. The third-order valence-electron chi connectivity index (χ3n) is 3.06. The number of halogens is 2. The molecule has 11 heteroatoms. The van der Waals surface area contributed by atoms with Crippen molar-refractivity contribution in [2.45, 2.75) is 0 Å². The van der Waals surface area contributed by atoms with Crippen LogP contribution in [0.3, 0.4) is 0 Å². The molecule has 0 saturated heterocycles. The lowest BCUT2D eigenvalue weighted by molar-refractivity contribution is 0.480. The highest BCUT2D eigenvalue weighted by atomic mass is 35.5. The number of H-pyrrole nitrogens is 2. The minimum Gasteiger partial charge on any atom is -0.453 e. The van der Waals surface area contributed by atoms with E-state index in [0.29, 0.717) is 5.75 Å². The Morgan fingerprint density at radius 1 is 1.12 bits per heavy atom. The molecule has 9 nitrogen and oxygen atoms in total. The van der Waals surface area contributed by atoms with E-state index in [9.17, 15) is 14.4 Å². The van der Waals surface area contributed by atoms with E-state index in [2.05, 4.69) is 10.1 Å². The first-order chi connectivity index (χ1) is 11.8. The maximum Gasteiger partial charge on any atom is 0.349 e. The summed E-state index contributed by atoms with van der Waals surface area (Å²) in [7, 11) is 0. The van der Waals surface area contributed by atoms with E-state index >= 15 is 0 Å². The molecule has 0 unspecified atom stereocenters. The fourth-order valence-electron chi connectivity index (χ4n) is 1.93. The summed E-state index contributed by atoms with van der Waals surface area (Å²) in [6.07, 6.45) is 1.34. The van der Waals surface area contributed by atoms with E-state index < -0.39 is 11.2 Å². The van der Waals surface area contributed by atoms with Gasteiger partial charge in [0.15, 0.2) is 5.75 Å². The Hall–Kier alpha value is -3.04. The first kappa shape index (κ1) is 16.8. The predicted molar refractivity (Wildman–Crippen MR) is 92.0 cm³/mol. The zero-order chi connectivity index (χ0) is 18.1. The zero-order valence-corrected chi connectivity index (χ0v) is 13.8. The van der Waals surface area contributed by atoms with Crippen LogP contribution in [0, 0.1) is 0 Å². The molecule has 0 saturated carbocycles. The van der Waals surface area contributed by atoms with Gasteiger partial charge in [0.2, 0.25) is 11.4 Å². The van der Waals surface area contributed by atoms with E-state index in [-0.39, 0.29) is 32.9 Å². The second-order valence-electron chi connectivity index (χ2n) is 4.79. The smallest absolute Gasteiger partial charge is 0.349 e. The third kappa shape index (κ3) is 3.42. The summed E-state index contributed by atoms with van der Waals surface area (Å²) in [4.78, 5) is 38.7. The Labute approximate surface area is 148 Å². The van der Waals surface area contributed by atoms with Gasteiger partial charge in [0.1, 0.15) is 5.75 Å². The van der Waals surface area contributed by atoms with Crippen molar-refractivity contribution in [3.05, 3.63) is 71.7 Å². The molecule has 3 aromatic rings. The van der Waals surface area contributed by atoms with Crippen LogP contribution in [0.25, 0.3) is 5.69 Å². The molecular weight excluding hydrogens is 373 g/mol. The van der Waals surface area contributed by atoms with E-state index in [1.54, 1.807) is 0 Å².